The second kappa shape index (κ2) is 5.91. The van der Waals surface area contributed by atoms with Gasteiger partial charge in [-0.2, -0.15) is 4.98 Å². The van der Waals surface area contributed by atoms with Crippen molar-refractivity contribution in [1.82, 2.24) is 14.9 Å². The van der Waals surface area contributed by atoms with Crippen LogP contribution in [0.4, 0.5) is 5.69 Å². The summed E-state index contributed by atoms with van der Waals surface area (Å²) in [4.78, 5) is 19.7. The lowest BCUT2D eigenvalue weighted by Gasteiger charge is -2.30. The average molecular weight is 425 g/mol. The number of hydrogen-bond donors (Lipinski definition) is 1. The molecule has 0 unspecified atom stereocenters. The maximum Gasteiger partial charge on any atom is 0.281 e. The van der Waals surface area contributed by atoms with Gasteiger partial charge >= 0.3 is 0 Å². The van der Waals surface area contributed by atoms with Gasteiger partial charge in [-0.25, -0.2) is 0 Å². The smallest absolute Gasteiger partial charge is 0.281 e. The summed E-state index contributed by atoms with van der Waals surface area (Å²) < 4.78 is 2.96. The Morgan fingerprint density at radius 2 is 1.93 bits per heavy atom. The first-order valence-electron chi connectivity index (χ1n) is 9.31. The van der Waals surface area contributed by atoms with Crippen LogP contribution in [-0.2, 0) is 5.41 Å². The van der Waals surface area contributed by atoms with Crippen LogP contribution in [0.5, 0.6) is 0 Å². The SMILES string of the molecule is CC1(C)c2ccc(N3CCNCC3)cc2-n2c1nc(=O)c1c(Br)cccc12. The molecule has 2 aromatic carbocycles. The van der Waals surface area contributed by atoms with E-state index in [0.29, 0.717) is 5.39 Å². The van der Waals surface area contributed by atoms with E-state index in [4.69, 9.17) is 0 Å². The molecule has 1 saturated heterocycles. The molecule has 0 amide bonds. The van der Waals surface area contributed by atoms with Gasteiger partial charge in [0.15, 0.2) is 0 Å². The van der Waals surface area contributed by atoms with E-state index in [1.54, 1.807) is 0 Å². The lowest BCUT2D eigenvalue weighted by atomic mass is 9.85. The van der Waals surface area contributed by atoms with Gasteiger partial charge in [0.25, 0.3) is 5.56 Å². The summed E-state index contributed by atoms with van der Waals surface area (Å²) in [6.07, 6.45) is 0. The highest BCUT2D eigenvalue weighted by Gasteiger charge is 2.38. The molecule has 0 spiro atoms. The summed E-state index contributed by atoms with van der Waals surface area (Å²) >= 11 is 3.53. The number of hydrogen-bond acceptors (Lipinski definition) is 4. The van der Waals surface area contributed by atoms with Crippen molar-refractivity contribution in [2.24, 2.45) is 0 Å². The van der Waals surface area contributed by atoms with Crippen LogP contribution in [0.3, 0.4) is 0 Å². The first-order valence-corrected chi connectivity index (χ1v) is 10.1. The number of fused-ring (bicyclic) bond motifs is 5. The van der Waals surface area contributed by atoms with Gasteiger partial charge in [0.1, 0.15) is 5.82 Å². The zero-order valence-corrected chi connectivity index (χ0v) is 17.0. The third-order valence-corrected chi connectivity index (χ3v) is 6.46. The van der Waals surface area contributed by atoms with Gasteiger partial charge in [0, 0.05) is 36.3 Å². The molecular weight excluding hydrogens is 404 g/mol. The lowest BCUT2D eigenvalue weighted by molar-refractivity contribution is 0.589. The molecular formula is C21H21BrN4O. The first-order chi connectivity index (χ1) is 13.0. The van der Waals surface area contributed by atoms with Gasteiger partial charge < -0.3 is 10.2 Å². The molecule has 3 heterocycles. The Balaban J connectivity index is 1.81. The summed E-state index contributed by atoms with van der Waals surface area (Å²) in [5, 5.41) is 4.04. The minimum Gasteiger partial charge on any atom is -0.369 e. The topological polar surface area (TPSA) is 50.2 Å². The van der Waals surface area contributed by atoms with E-state index in [1.807, 2.05) is 18.2 Å². The number of anilines is 1. The van der Waals surface area contributed by atoms with Gasteiger partial charge in [-0.3, -0.25) is 9.36 Å². The number of rotatable bonds is 1. The second-order valence-corrected chi connectivity index (χ2v) is 8.63. The molecule has 0 atom stereocenters. The van der Waals surface area contributed by atoms with Gasteiger partial charge in [-0.05, 0) is 59.6 Å². The summed E-state index contributed by atoms with van der Waals surface area (Å²) in [5.41, 5.74) is 3.98. The molecule has 2 aliphatic rings. The van der Waals surface area contributed by atoms with E-state index < -0.39 is 0 Å². The molecule has 5 nitrogen and oxygen atoms in total. The van der Waals surface area contributed by atoms with Gasteiger partial charge in [-0.1, -0.05) is 12.1 Å². The standard InChI is InChI=1S/C21H21BrN4O/c1-21(2)14-7-6-13(25-10-8-23-9-11-25)12-17(14)26-16-5-3-4-15(22)18(16)19(27)24-20(21)26/h3-7,12,23H,8-11H2,1-2H3. The molecule has 1 N–H and O–H groups in total. The maximum absolute atomic E-state index is 12.7. The van der Waals surface area contributed by atoms with Gasteiger partial charge in [0.2, 0.25) is 0 Å². The fourth-order valence-electron chi connectivity index (χ4n) is 4.36. The van der Waals surface area contributed by atoms with Crippen LogP contribution in [-0.4, -0.2) is 35.7 Å². The molecule has 6 heteroatoms. The number of benzene rings is 2. The van der Waals surface area contributed by atoms with Gasteiger partial charge in [-0.15, -0.1) is 0 Å². The van der Waals surface area contributed by atoms with Crippen LogP contribution in [0, 0.1) is 0 Å². The van der Waals surface area contributed by atoms with Crippen LogP contribution >= 0.6 is 15.9 Å². The van der Waals surface area contributed by atoms with E-state index in [1.165, 1.54) is 11.3 Å². The highest BCUT2D eigenvalue weighted by atomic mass is 79.9. The normalized spacial score (nSPS) is 17.8. The van der Waals surface area contributed by atoms with Crippen LogP contribution in [0.2, 0.25) is 0 Å². The van der Waals surface area contributed by atoms with Crippen molar-refractivity contribution in [3.63, 3.8) is 0 Å². The van der Waals surface area contributed by atoms with Crippen LogP contribution < -0.4 is 15.8 Å². The molecule has 3 aromatic rings. The summed E-state index contributed by atoms with van der Waals surface area (Å²) in [6, 6.07) is 12.5. The van der Waals surface area contributed by atoms with E-state index in [9.17, 15) is 4.79 Å². The Hall–Kier alpha value is -2.18. The monoisotopic (exact) mass is 424 g/mol. The van der Waals surface area contributed by atoms with E-state index in [-0.39, 0.29) is 11.0 Å². The molecule has 5 rings (SSSR count). The molecule has 0 bridgehead atoms. The quantitative estimate of drug-likeness (QED) is 0.651. The van der Waals surface area contributed by atoms with E-state index in [0.717, 1.165) is 47.7 Å². The average Bonchev–Trinajstić information content (AvgIpc) is 2.89. The van der Waals surface area contributed by atoms with Crippen LogP contribution in [0.1, 0.15) is 25.2 Å². The molecule has 138 valence electrons. The van der Waals surface area contributed by atoms with Gasteiger partial charge in [0.05, 0.1) is 22.0 Å². The minimum atomic E-state index is -0.313. The molecule has 0 saturated carbocycles. The summed E-state index contributed by atoms with van der Waals surface area (Å²) in [6.45, 7) is 8.30. The zero-order chi connectivity index (χ0) is 18.8. The predicted octanol–water partition coefficient (Wildman–Crippen LogP) is 3.20. The largest absolute Gasteiger partial charge is 0.369 e. The number of halogens is 1. The summed E-state index contributed by atoms with van der Waals surface area (Å²) in [7, 11) is 0. The summed E-state index contributed by atoms with van der Waals surface area (Å²) in [5.74, 6) is 0.811. The Bertz CT molecular complexity index is 1130. The Morgan fingerprint density at radius 3 is 2.70 bits per heavy atom. The lowest BCUT2D eigenvalue weighted by Crippen LogP contribution is -2.43. The number of nitrogens with zero attached hydrogens (tertiary/aromatic N) is 3. The Labute approximate surface area is 166 Å². The Morgan fingerprint density at radius 1 is 1.15 bits per heavy atom. The van der Waals surface area contributed by atoms with E-state index >= 15 is 0 Å². The van der Waals surface area contributed by atoms with Crippen molar-refractivity contribution in [2.45, 2.75) is 19.3 Å². The molecule has 0 radical (unpaired) electrons. The number of nitrogens with one attached hydrogen (secondary N) is 1. The molecule has 27 heavy (non-hydrogen) atoms. The fourth-order valence-corrected chi connectivity index (χ4v) is 4.89. The van der Waals surface area contributed by atoms with Crippen molar-refractivity contribution in [3.8, 4) is 5.69 Å². The molecule has 2 aliphatic heterocycles. The van der Waals surface area contributed by atoms with Crippen molar-refractivity contribution in [2.75, 3.05) is 31.1 Å². The van der Waals surface area contributed by atoms with Crippen molar-refractivity contribution in [1.29, 1.82) is 0 Å². The minimum absolute atomic E-state index is 0.174. The van der Waals surface area contributed by atoms with Crippen LogP contribution in [0.15, 0.2) is 45.7 Å². The predicted molar refractivity (Wildman–Crippen MR) is 112 cm³/mol. The van der Waals surface area contributed by atoms with Crippen molar-refractivity contribution >= 4 is 32.5 Å². The molecule has 1 aromatic heterocycles. The fraction of sp³-hybridized carbons (Fsp3) is 0.333. The van der Waals surface area contributed by atoms with Crippen molar-refractivity contribution < 1.29 is 0 Å². The molecule has 0 aliphatic carbocycles. The second-order valence-electron chi connectivity index (χ2n) is 7.77. The zero-order valence-electron chi connectivity index (χ0n) is 15.4. The third kappa shape index (κ3) is 2.39. The highest BCUT2D eigenvalue weighted by Crippen LogP contribution is 2.44. The molecule has 1 fully saturated rings. The highest BCUT2D eigenvalue weighted by molar-refractivity contribution is 9.10. The number of aromatic nitrogens is 2. The van der Waals surface area contributed by atoms with Crippen molar-refractivity contribution in [3.05, 3.63) is 62.6 Å². The first kappa shape index (κ1) is 17.0. The van der Waals surface area contributed by atoms with E-state index in [2.05, 4.69) is 67.7 Å². The maximum atomic E-state index is 12.7. The Kier molecular flexibility index (Phi) is 3.71. The number of piperazine rings is 1. The third-order valence-electron chi connectivity index (χ3n) is 5.80. The van der Waals surface area contributed by atoms with Crippen LogP contribution in [0.25, 0.3) is 16.6 Å².